The van der Waals surface area contributed by atoms with Gasteiger partial charge < -0.3 is 19.1 Å². The van der Waals surface area contributed by atoms with E-state index in [2.05, 4.69) is 0 Å². The minimum Gasteiger partial charge on any atom is -0.497 e. The third-order valence-electron chi connectivity index (χ3n) is 4.46. The van der Waals surface area contributed by atoms with Gasteiger partial charge in [-0.15, -0.1) is 0 Å². The first kappa shape index (κ1) is 20.5. The summed E-state index contributed by atoms with van der Waals surface area (Å²) in [5.41, 5.74) is 0.939. The lowest BCUT2D eigenvalue weighted by atomic mass is 10.1. The molecule has 1 unspecified atom stereocenters. The number of esters is 1. The maximum Gasteiger partial charge on any atom is 0.316 e. The van der Waals surface area contributed by atoms with Crippen LogP contribution in [-0.4, -0.2) is 32.1 Å². The summed E-state index contributed by atoms with van der Waals surface area (Å²) in [6, 6.07) is 11.9. The highest BCUT2D eigenvalue weighted by Gasteiger charge is 2.37. The molecule has 0 aliphatic carbocycles. The number of hydrogen-bond donors (Lipinski definition) is 0. The fourth-order valence-electron chi connectivity index (χ4n) is 3.07. The number of halogens is 1. The first-order valence-corrected chi connectivity index (χ1v) is 9.37. The Hall–Kier alpha value is -3.24. The Labute approximate surface area is 173 Å². The molecular formula is C21H19ClN2O5. The summed E-state index contributed by atoms with van der Waals surface area (Å²) >= 11 is 6.19. The molecule has 7 nitrogen and oxygen atoms in total. The molecule has 1 saturated heterocycles. The van der Waals surface area contributed by atoms with E-state index in [1.807, 2.05) is 6.07 Å². The molecule has 1 atom stereocenters. The zero-order valence-electron chi connectivity index (χ0n) is 16.0. The summed E-state index contributed by atoms with van der Waals surface area (Å²) in [6.07, 6.45) is 0.0217. The lowest BCUT2D eigenvalue weighted by molar-refractivity contribution is -0.139. The highest BCUT2D eigenvalue weighted by atomic mass is 35.5. The van der Waals surface area contributed by atoms with Gasteiger partial charge in [-0.05, 0) is 25.1 Å². The highest BCUT2D eigenvalue weighted by molar-refractivity contribution is 6.32. The number of amides is 1. The molecule has 2 aromatic carbocycles. The molecule has 0 radical (unpaired) electrons. The molecule has 3 rings (SSSR count). The molecule has 1 aliphatic heterocycles. The van der Waals surface area contributed by atoms with Crippen LogP contribution in [0.5, 0.6) is 17.2 Å². The third-order valence-corrected chi connectivity index (χ3v) is 4.75. The van der Waals surface area contributed by atoms with E-state index in [0.717, 1.165) is 0 Å². The number of nitrogens with zero attached hydrogens (tertiary/aromatic N) is 2. The number of benzene rings is 2. The number of methoxy groups -OCH3 is 1. The van der Waals surface area contributed by atoms with E-state index in [1.54, 1.807) is 38.3 Å². The molecular weight excluding hydrogens is 396 g/mol. The minimum atomic E-state index is -0.658. The Morgan fingerprint density at radius 1 is 1.34 bits per heavy atom. The third kappa shape index (κ3) is 4.44. The fourth-order valence-corrected chi connectivity index (χ4v) is 3.32. The molecule has 1 amide bonds. The molecule has 1 heterocycles. The number of anilines is 1. The number of carbonyl (C=O) groups is 2. The Kier molecular flexibility index (Phi) is 6.25. The van der Waals surface area contributed by atoms with E-state index in [9.17, 15) is 9.59 Å². The summed E-state index contributed by atoms with van der Waals surface area (Å²) in [4.78, 5) is 26.7. The molecule has 2 aromatic rings. The largest absolute Gasteiger partial charge is 0.497 e. The Balaban J connectivity index is 1.78. The fraction of sp³-hybridized carbons (Fsp3) is 0.286. The maximum atomic E-state index is 12.7. The van der Waals surface area contributed by atoms with Gasteiger partial charge in [0, 0.05) is 30.8 Å². The standard InChI is InChI=1S/C21H19ClN2O5/c1-3-28-18-8-13(11-23)7-17(22)20(18)29-21(26)14-9-19(25)24(12-14)15-5-4-6-16(10-15)27-2/h4-8,10,14H,3,9,12H2,1-2H3. The van der Waals surface area contributed by atoms with Gasteiger partial charge in [0.25, 0.3) is 0 Å². The van der Waals surface area contributed by atoms with Crippen molar-refractivity contribution in [3.8, 4) is 23.3 Å². The SMILES string of the molecule is CCOc1cc(C#N)cc(Cl)c1OC(=O)C1CC(=O)N(c2cccc(OC)c2)C1. The zero-order valence-corrected chi connectivity index (χ0v) is 16.7. The lowest BCUT2D eigenvalue weighted by Crippen LogP contribution is -2.27. The van der Waals surface area contributed by atoms with Crippen molar-refractivity contribution in [3.05, 3.63) is 47.0 Å². The van der Waals surface area contributed by atoms with Crippen LogP contribution in [-0.2, 0) is 9.59 Å². The van der Waals surface area contributed by atoms with Crippen LogP contribution >= 0.6 is 11.6 Å². The van der Waals surface area contributed by atoms with Crippen LogP contribution in [0.2, 0.25) is 5.02 Å². The van der Waals surface area contributed by atoms with Gasteiger partial charge in [-0.2, -0.15) is 5.26 Å². The Bertz CT molecular complexity index is 986. The van der Waals surface area contributed by atoms with E-state index in [4.69, 9.17) is 31.1 Å². The molecule has 0 spiro atoms. The first-order valence-electron chi connectivity index (χ1n) is 8.99. The van der Waals surface area contributed by atoms with Crippen molar-refractivity contribution in [2.45, 2.75) is 13.3 Å². The molecule has 29 heavy (non-hydrogen) atoms. The van der Waals surface area contributed by atoms with Crippen LogP contribution in [0.15, 0.2) is 36.4 Å². The average Bonchev–Trinajstić information content (AvgIpc) is 3.12. The highest BCUT2D eigenvalue weighted by Crippen LogP contribution is 2.38. The first-order chi connectivity index (χ1) is 14.0. The second-order valence-electron chi connectivity index (χ2n) is 6.36. The van der Waals surface area contributed by atoms with Crippen molar-refractivity contribution in [1.82, 2.24) is 0 Å². The minimum absolute atomic E-state index is 0.0217. The molecule has 8 heteroatoms. The predicted molar refractivity (Wildman–Crippen MR) is 106 cm³/mol. The van der Waals surface area contributed by atoms with E-state index < -0.39 is 11.9 Å². The van der Waals surface area contributed by atoms with Gasteiger partial charge in [0.1, 0.15) is 5.75 Å². The number of ether oxygens (including phenoxy) is 3. The number of rotatable bonds is 6. The Morgan fingerprint density at radius 3 is 2.83 bits per heavy atom. The van der Waals surface area contributed by atoms with Crippen molar-refractivity contribution in [1.29, 1.82) is 5.26 Å². The van der Waals surface area contributed by atoms with Crippen LogP contribution < -0.4 is 19.1 Å². The summed E-state index contributed by atoms with van der Waals surface area (Å²) in [5, 5.41) is 9.17. The number of nitriles is 1. The van der Waals surface area contributed by atoms with Crippen LogP contribution in [0.1, 0.15) is 18.9 Å². The normalized spacial score (nSPS) is 15.7. The quantitative estimate of drug-likeness (QED) is 0.530. The lowest BCUT2D eigenvalue weighted by Gasteiger charge is -2.18. The molecule has 0 aromatic heterocycles. The average molecular weight is 415 g/mol. The molecule has 0 saturated carbocycles. The second kappa shape index (κ2) is 8.84. The maximum absolute atomic E-state index is 12.7. The van der Waals surface area contributed by atoms with Gasteiger partial charge in [0.15, 0.2) is 11.5 Å². The predicted octanol–water partition coefficient (Wildman–Crippen LogP) is 3.58. The molecule has 0 N–H and O–H groups in total. The molecule has 150 valence electrons. The van der Waals surface area contributed by atoms with Gasteiger partial charge >= 0.3 is 5.97 Å². The molecule has 1 fully saturated rings. The van der Waals surface area contributed by atoms with Crippen molar-refractivity contribution in [3.63, 3.8) is 0 Å². The van der Waals surface area contributed by atoms with Crippen molar-refractivity contribution >= 4 is 29.2 Å². The summed E-state index contributed by atoms with van der Waals surface area (Å²) in [7, 11) is 1.54. The van der Waals surface area contributed by atoms with E-state index in [-0.39, 0.29) is 35.4 Å². The van der Waals surface area contributed by atoms with E-state index >= 15 is 0 Å². The van der Waals surface area contributed by atoms with E-state index in [0.29, 0.717) is 23.6 Å². The summed E-state index contributed by atoms with van der Waals surface area (Å²) in [5.74, 6) is -0.557. The van der Waals surface area contributed by atoms with Gasteiger partial charge in [-0.3, -0.25) is 9.59 Å². The van der Waals surface area contributed by atoms with Gasteiger partial charge in [0.2, 0.25) is 5.91 Å². The second-order valence-corrected chi connectivity index (χ2v) is 6.77. The smallest absolute Gasteiger partial charge is 0.316 e. The van der Waals surface area contributed by atoms with Gasteiger partial charge in [0.05, 0.1) is 36.3 Å². The van der Waals surface area contributed by atoms with E-state index in [1.165, 1.54) is 17.0 Å². The van der Waals surface area contributed by atoms with Gasteiger partial charge in [-0.25, -0.2) is 0 Å². The van der Waals surface area contributed by atoms with Gasteiger partial charge in [-0.1, -0.05) is 17.7 Å². The molecule has 0 bridgehead atoms. The number of hydrogen-bond acceptors (Lipinski definition) is 6. The van der Waals surface area contributed by atoms with Crippen LogP contribution in [0.4, 0.5) is 5.69 Å². The summed E-state index contributed by atoms with van der Waals surface area (Å²) in [6.45, 7) is 2.25. The Morgan fingerprint density at radius 2 is 2.14 bits per heavy atom. The topological polar surface area (TPSA) is 88.9 Å². The van der Waals surface area contributed by atoms with Crippen molar-refractivity contribution in [2.24, 2.45) is 5.92 Å². The van der Waals surface area contributed by atoms with Crippen LogP contribution in [0.25, 0.3) is 0 Å². The van der Waals surface area contributed by atoms with Crippen molar-refractivity contribution in [2.75, 3.05) is 25.2 Å². The van der Waals surface area contributed by atoms with Crippen LogP contribution in [0.3, 0.4) is 0 Å². The van der Waals surface area contributed by atoms with Crippen LogP contribution in [0, 0.1) is 17.2 Å². The van der Waals surface area contributed by atoms with Crippen molar-refractivity contribution < 1.29 is 23.8 Å². The number of carbonyl (C=O) groups excluding carboxylic acids is 2. The summed E-state index contributed by atoms with van der Waals surface area (Å²) < 4.78 is 16.1. The molecule has 1 aliphatic rings. The monoisotopic (exact) mass is 414 g/mol. The zero-order chi connectivity index (χ0) is 21.0.